The predicted molar refractivity (Wildman–Crippen MR) is 50.3 cm³/mol. The van der Waals surface area contributed by atoms with E-state index in [4.69, 9.17) is 5.73 Å². The lowest BCUT2D eigenvalue weighted by Crippen LogP contribution is -2.19. The third kappa shape index (κ3) is 1.40. The molecule has 2 rings (SSSR count). The molecule has 3 heteroatoms. The number of hydrogen-bond acceptors (Lipinski definition) is 2. The molecule has 0 spiro atoms. The number of rotatable bonds is 1. The Labute approximate surface area is 76.5 Å². The lowest BCUT2D eigenvalue weighted by Gasteiger charge is -2.12. The molecule has 0 bridgehead atoms. The number of amides is 1. The van der Waals surface area contributed by atoms with E-state index in [-0.39, 0.29) is 5.91 Å². The van der Waals surface area contributed by atoms with E-state index in [0.717, 1.165) is 5.70 Å². The van der Waals surface area contributed by atoms with Crippen LogP contribution < -0.4 is 5.73 Å². The summed E-state index contributed by atoms with van der Waals surface area (Å²) < 4.78 is 0. The molecule has 0 aromatic heterocycles. The average Bonchev–Trinajstić information content (AvgIpc) is 2.38. The van der Waals surface area contributed by atoms with Crippen molar-refractivity contribution in [2.75, 3.05) is 6.54 Å². The zero-order valence-corrected chi connectivity index (χ0v) is 7.10. The second-order valence-electron chi connectivity index (χ2n) is 2.98. The second-order valence-corrected chi connectivity index (χ2v) is 2.98. The van der Waals surface area contributed by atoms with Crippen LogP contribution in [-0.2, 0) is 4.79 Å². The molecule has 0 aromatic rings. The molecule has 0 fully saturated rings. The largest absolute Gasteiger partial charge is 0.366 e. The Balaban J connectivity index is 2.31. The van der Waals surface area contributed by atoms with Crippen molar-refractivity contribution in [2.24, 2.45) is 5.73 Å². The van der Waals surface area contributed by atoms with Crippen LogP contribution in [0.3, 0.4) is 0 Å². The van der Waals surface area contributed by atoms with Crippen LogP contribution in [0.25, 0.3) is 0 Å². The van der Waals surface area contributed by atoms with E-state index in [1.165, 1.54) is 0 Å². The Morgan fingerprint density at radius 1 is 1.38 bits per heavy atom. The number of carbonyl (C=O) groups excluding carboxylic acids is 1. The highest BCUT2D eigenvalue weighted by molar-refractivity contribution is 5.93. The molecule has 2 aliphatic rings. The minimum atomic E-state index is -0.341. The van der Waals surface area contributed by atoms with E-state index in [2.05, 4.69) is 0 Å². The molecule has 3 nitrogen and oxygen atoms in total. The number of hydrogen-bond donors (Lipinski definition) is 1. The molecule has 0 aliphatic carbocycles. The van der Waals surface area contributed by atoms with Crippen LogP contribution in [0.5, 0.6) is 0 Å². The van der Waals surface area contributed by atoms with Gasteiger partial charge in [-0.1, -0.05) is 12.2 Å². The summed E-state index contributed by atoms with van der Waals surface area (Å²) in [6.45, 7) is 0.583. The molecule has 2 heterocycles. The molecule has 1 amide bonds. The maximum atomic E-state index is 10.9. The average molecular weight is 174 g/mol. The molecule has 0 saturated heterocycles. The number of nitrogens with zero attached hydrogens (tertiary/aromatic N) is 1. The van der Waals surface area contributed by atoms with E-state index in [9.17, 15) is 4.79 Å². The van der Waals surface area contributed by atoms with Gasteiger partial charge in [0.2, 0.25) is 5.91 Å². The SMILES string of the molecule is NC(=O)C1=CC2=CC=CC=CN2C1. The number of primary amides is 1. The van der Waals surface area contributed by atoms with Gasteiger partial charge in [-0.25, -0.2) is 0 Å². The van der Waals surface area contributed by atoms with E-state index >= 15 is 0 Å². The van der Waals surface area contributed by atoms with Gasteiger partial charge >= 0.3 is 0 Å². The van der Waals surface area contributed by atoms with E-state index < -0.39 is 0 Å². The summed E-state index contributed by atoms with van der Waals surface area (Å²) in [6, 6.07) is 0. The topological polar surface area (TPSA) is 46.3 Å². The Morgan fingerprint density at radius 2 is 2.23 bits per heavy atom. The van der Waals surface area contributed by atoms with Crippen molar-refractivity contribution in [3.8, 4) is 0 Å². The summed E-state index contributed by atoms with van der Waals surface area (Å²) in [4.78, 5) is 12.9. The zero-order valence-electron chi connectivity index (χ0n) is 7.10. The summed E-state index contributed by atoms with van der Waals surface area (Å²) in [5, 5.41) is 0. The number of carbonyl (C=O) groups is 1. The molecule has 66 valence electrons. The van der Waals surface area contributed by atoms with Gasteiger partial charge in [-0.15, -0.1) is 0 Å². The van der Waals surface area contributed by atoms with E-state index in [1.807, 2.05) is 41.5 Å². The van der Waals surface area contributed by atoms with Gasteiger partial charge in [-0.3, -0.25) is 4.79 Å². The lowest BCUT2D eigenvalue weighted by atomic mass is 10.2. The van der Waals surface area contributed by atoms with Gasteiger partial charge in [0.15, 0.2) is 0 Å². The van der Waals surface area contributed by atoms with Crippen molar-refractivity contribution in [3.63, 3.8) is 0 Å². The molecule has 13 heavy (non-hydrogen) atoms. The Hall–Kier alpha value is -1.77. The second kappa shape index (κ2) is 2.94. The van der Waals surface area contributed by atoms with Crippen LogP contribution in [0.1, 0.15) is 0 Å². The number of fused-ring (bicyclic) bond motifs is 1. The summed E-state index contributed by atoms with van der Waals surface area (Å²) in [6.07, 6.45) is 11.5. The zero-order chi connectivity index (χ0) is 9.26. The van der Waals surface area contributed by atoms with Crippen molar-refractivity contribution in [1.82, 2.24) is 4.90 Å². The molecular weight excluding hydrogens is 164 g/mol. The summed E-state index contributed by atoms with van der Waals surface area (Å²) >= 11 is 0. The van der Waals surface area contributed by atoms with Gasteiger partial charge in [-0.05, 0) is 18.2 Å². The molecular formula is C10H10N2O. The van der Waals surface area contributed by atoms with Crippen LogP contribution in [0.15, 0.2) is 47.9 Å². The van der Waals surface area contributed by atoms with Crippen molar-refractivity contribution in [3.05, 3.63) is 47.9 Å². The standard InChI is InChI=1S/C10H10N2O/c11-10(13)8-6-9-4-2-1-3-5-12(9)7-8/h1-6H,7H2,(H2,11,13). The van der Waals surface area contributed by atoms with Gasteiger partial charge < -0.3 is 10.6 Å². The maximum Gasteiger partial charge on any atom is 0.246 e. The maximum absolute atomic E-state index is 10.9. The van der Waals surface area contributed by atoms with Crippen LogP contribution in [0.2, 0.25) is 0 Å². The minimum absolute atomic E-state index is 0.341. The highest BCUT2D eigenvalue weighted by atomic mass is 16.1. The highest BCUT2D eigenvalue weighted by Crippen LogP contribution is 2.21. The van der Waals surface area contributed by atoms with Crippen LogP contribution >= 0.6 is 0 Å². The summed E-state index contributed by atoms with van der Waals surface area (Å²) in [7, 11) is 0. The first-order valence-electron chi connectivity index (χ1n) is 4.09. The van der Waals surface area contributed by atoms with Crippen molar-refractivity contribution < 1.29 is 4.79 Å². The molecule has 0 radical (unpaired) electrons. The quantitative estimate of drug-likeness (QED) is 0.635. The van der Waals surface area contributed by atoms with Gasteiger partial charge in [0.05, 0.1) is 6.54 Å². The summed E-state index contributed by atoms with van der Waals surface area (Å²) in [5.74, 6) is -0.341. The Bertz CT molecular complexity index is 361. The third-order valence-electron chi connectivity index (χ3n) is 2.07. The summed E-state index contributed by atoms with van der Waals surface area (Å²) in [5.41, 5.74) is 6.86. The molecule has 0 unspecified atom stereocenters. The first-order valence-corrected chi connectivity index (χ1v) is 4.09. The first-order chi connectivity index (χ1) is 6.27. The van der Waals surface area contributed by atoms with Crippen molar-refractivity contribution >= 4 is 5.91 Å². The first kappa shape index (κ1) is 7.86. The normalized spacial score (nSPS) is 19.2. The Morgan fingerprint density at radius 3 is 3.00 bits per heavy atom. The fraction of sp³-hybridized carbons (Fsp3) is 0.100. The van der Waals surface area contributed by atoms with Crippen LogP contribution in [0.4, 0.5) is 0 Å². The minimum Gasteiger partial charge on any atom is -0.366 e. The lowest BCUT2D eigenvalue weighted by molar-refractivity contribution is -0.114. The monoisotopic (exact) mass is 174 g/mol. The molecule has 0 aromatic carbocycles. The number of nitrogens with two attached hydrogens (primary N) is 1. The molecule has 2 N–H and O–H groups in total. The van der Waals surface area contributed by atoms with Crippen LogP contribution in [0, 0.1) is 0 Å². The fourth-order valence-corrected chi connectivity index (χ4v) is 1.39. The smallest absolute Gasteiger partial charge is 0.246 e. The Kier molecular flexibility index (Phi) is 1.77. The van der Waals surface area contributed by atoms with Crippen LogP contribution in [-0.4, -0.2) is 17.4 Å². The van der Waals surface area contributed by atoms with Crippen molar-refractivity contribution in [1.29, 1.82) is 0 Å². The molecule has 0 saturated carbocycles. The van der Waals surface area contributed by atoms with Gasteiger partial charge in [0.25, 0.3) is 0 Å². The number of allylic oxidation sites excluding steroid dienone is 5. The van der Waals surface area contributed by atoms with Gasteiger partial charge in [0, 0.05) is 17.5 Å². The predicted octanol–water partition coefficient (Wildman–Crippen LogP) is 0.681. The van der Waals surface area contributed by atoms with Gasteiger partial charge in [0.1, 0.15) is 0 Å². The van der Waals surface area contributed by atoms with Crippen molar-refractivity contribution in [2.45, 2.75) is 0 Å². The molecule has 0 atom stereocenters. The fourth-order valence-electron chi connectivity index (χ4n) is 1.39. The molecule has 2 aliphatic heterocycles. The van der Waals surface area contributed by atoms with E-state index in [1.54, 1.807) is 0 Å². The van der Waals surface area contributed by atoms with Gasteiger partial charge in [-0.2, -0.15) is 0 Å². The third-order valence-corrected chi connectivity index (χ3v) is 2.07. The van der Waals surface area contributed by atoms with E-state index in [0.29, 0.717) is 12.1 Å². The highest BCUT2D eigenvalue weighted by Gasteiger charge is 2.19.